The number of nitrogens with one attached hydrogen (secondary N) is 1. The van der Waals surface area contributed by atoms with Crippen LogP contribution in [0.15, 0.2) is 72.9 Å². The average molecular weight is 510 g/mol. The monoisotopic (exact) mass is 508 g/mol. The molecule has 4 rings (SSSR count). The van der Waals surface area contributed by atoms with Gasteiger partial charge in [0.1, 0.15) is 0 Å². The zero-order valence-electron chi connectivity index (χ0n) is 18.4. The molecule has 5 nitrogen and oxygen atoms in total. The molecular weight excluding hydrogens is 479 g/mol. The Morgan fingerprint density at radius 1 is 0.970 bits per heavy atom. The second-order valence-electron chi connectivity index (χ2n) is 7.77. The number of nitrogens with two attached hydrogens (primary N) is 1. The first-order chi connectivity index (χ1) is 14.7. The highest BCUT2D eigenvalue weighted by molar-refractivity contribution is 5.95. The molecule has 1 amide bonds. The lowest BCUT2D eigenvalue weighted by molar-refractivity contribution is 0.0713. The van der Waals surface area contributed by atoms with Crippen LogP contribution >= 0.6 is 37.2 Å². The number of nitrogens with zero attached hydrogens (tertiary/aromatic N) is 2. The number of aromatic nitrogens is 1. The van der Waals surface area contributed by atoms with Crippen molar-refractivity contribution in [3.8, 4) is 0 Å². The van der Waals surface area contributed by atoms with Crippen LogP contribution in [0.4, 0.5) is 5.69 Å². The number of anilines is 1. The van der Waals surface area contributed by atoms with Crippen molar-refractivity contribution in [2.24, 2.45) is 5.73 Å². The molecule has 2 aromatic carbocycles. The molecule has 1 fully saturated rings. The Bertz CT molecular complexity index is 996. The van der Waals surface area contributed by atoms with E-state index >= 15 is 0 Å². The molecule has 3 aromatic rings. The molecule has 0 bridgehead atoms. The van der Waals surface area contributed by atoms with E-state index in [4.69, 9.17) is 5.73 Å². The van der Waals surface area contributed by atoms with Gasteiger partial charge in [0, 0.05) is 37.1 Å². The number of halogens is 3. The third-order valence-corrected chi connectivity index (χ3v) is 5.75. The second-order valence-corrected chi connectivity index (χ2v) is 7.77. The summed E-state index contributed by atoms with van der Waals surface area (Å²) in [6, 6.07) is 22.1. The van der Waals surface area contributed by atoms with Crippen molar-refractivity contribution < 1.29 is 4.79 Å². The maximum atomic E-state index is 13.0. The highest BCUT2D eigenvalue weighted by Gasteiger charge is 2.24. The summed E-state index contributed by atoms with van der Waals surface area (Å²) in [5.41, 5.74) is 10.9. The molecule has 0 aliphatic carbocycles. The Morgan fingerprint density at radius 2 is 1.73 bits per heavy atom. The molecule has 8 heteroatoms. The van der Waals surface area contributed by atoms with Crippen LogP contribution in [0.1, 0.15) is 45.9 Å². The van der Waals surface area contributed by atoms with Crippen LogP contribution < -0.4 is 11.1 Å². The number of amides is 1. The lowest BCUT2D eigenvalue weighted by atomic mass is 9.88. The maximum absolute atomic E-state index is 13.0. The van der Waals surface area contributed by atoms with E-state index < -0.39 is 0 Å². The molecule has 33 heavy (non-hydrogen) atoms. The number of rotatable bonds is 6. The Hall–Kier alpha value is -2.31. The van der Waals surface area contributed by atoms with E-state index in [2.05, 4.69) is 34.6 Å². The van der Waals surface area contributed by atoms with Crippen molar-refractivity contribution in [1.82, 2.24) is 9.88 Å². The lowest BCUT2D eigenvalue weighted by Crippen LogP contribution is -2.37. The molecule has 0 saturated carbocycles. The predicted octanol–water partition coefficient (Wildman–Crippen LogP) is 5.44. The van der Waals surface area contributed by atoms with Crippen molar-refractivity contribution in [2.75, 3.05) is 18.4 Å². The van der Waals surface area contributed by atoms with Crippen molar-refractivity contribution >= 4 is 48.8 Å². The quantitative estimate of drug-likeness (QED) is 0.464. The van der Waals surface area contributed by atoms with Crippen LogP contribution in [0.3, 0.4) is 0 Å². The molecule has 0 spiro atoms. The van der Waals surface area contributed by atoms with Gasteiger partial charge in [0.05, 0.1) is 12.2 Å². The zero-order chi connectivity index (χ0) is 20.8. The van der Waals surface area contributed by atoms with E-state index in [1.165, 1.54) is 11.1 Å². The number of carbonyl (C=O) groups is 1. The van der Waals surface area contributed by atoms with E-state index in [1.54, 1.807) is 6.20 Å². The van der Waals surface area contributed by atoms with Crippen LogP contribution in [-0.2, 0) is 13.1 Å². The SMILES string of the molecule is Cl.Cl.Cl.NCc1cccc(C2CCN(C(=O)c3cccc(NCc4ccccn4)c3)CC2)c1. The fraction of sp³-hybridized carbons (Fsp3) is 0.280. The van der Waals surface area contributed by atoms with Crippen molar-refractivity contribution in [2.45, 2.75) is 31.8 Å². The first kappa shape index (κ1) is 28.7. The minimum atomic E-state index is 0. The standard InChI is InChI=1S/C25H28N4O.3ClH/c26-17-19-5-3-6-21(15-19)20-10-13-29(14-11-20)25(30)22-7-4-9-23(16-22)28-18-24-8-1-2-12-27-24;;;/h1-9,12,15-16,20,28H,10-11,13-14,17-18,26H2;3*1H. The van der Waals surface area contributed by atoms with Crippen LogP contribution in [0, 0.1) is 0 Å². The third-order valence-electron chi connectivity index (χ3n) is 5.75. The van der Waals surface area contributed by atoms with Gasteiger partial charge in [0.2, 0.25) is 0 Å². The molecule has 1 aliphatic rings. The summed E-state index contributed by atoms with van der Waals surface area (Å²) in [6.07, 6.45) is 3.75. The van der Waals surface area contributed by atoms with Gasteiger partial charge in [-0.15, -0.1) is 37.2 Å². The van der Waals surface area contributed by atoms with Gasteiger partial charge in [-0.1, -0.05) is 36.4 Å². The molecule has 3 N–H and O–H groups in total. The second kappa shape index (κ2) is 14.1. The number of likely N-dealkylation sites (tertiary alicyclic amines) is 1. The number of hydrogen-bond donors (Lipinski definition) is 2. The number of piperidine rings is 1. The summed E-state index contributed by atoms with van der Waals surface area (Å²) in [6.45, 7) is 2.76. The molecule has 1 saturated heterocycles. The summed E-state index contributed by atoms with van der Waals surface area (Å²) >= 11 is 0. The molecule has 0 radical (unpaired) electrons. The Labute approximate surface area is 214 Å². The number of carbonyl (C=O) groups excluding carboxylic acids is 1. The molecule has 0 unspecified atom stereocenters. The molecule has 1 aliphatic heterocycles. The van der Waals surface area contributed by atoms with Gasteiger partial charge < -0.3 is 16.0 Å². The van der Waals surface area contributed by atoms with Crippen molar-refractivity contribution in [1.29, 1.82) is 0 Å². The largest absolute Gasteiger partial charge is 0.379 e. The van der Waals surface area contributed by atoms with Gasteiger partial charge >= 0.3 is 0 Å². The van der Waals surface area contributed by atoms with E-state index in [9.17, 15) is 4.79 Å². The van der Waals surface area contributed by atoms with Gasteiger partial charge in [-0.2, -0.15) is 0 Å². The van der Waals surface area contributed by atoms with Gasteiger partial charge in [-0.25, -0.2) is 0 Å². The topological polar surface area (TPSA) is 71.2 Å². The summed E-state index contributed by atoms with van der Waals surface area (Å²) in [7, 11) is 0. The van der Waals surface area contributed by atoms with Gasteiger partial charge in [-0.05, 0) is 60.2 Å². The van der Waals surface area contributed by atoms with Crippen molar-refractivity contribution in [3.05, 3.63) is 95.3 Å². The summed E-state index contributed by atoms with van der Waals surface area (Å²) in [4.78, 5) is 19.3. The normalized spacial score (nSPS) is 13.2. The minimum absolute atomic E-state index is 0. The van der Waals surface area contributed by atoms with Crippen molar-refractivity contribution in [3.63, 3.8) is 0 Å². The van der Waals surface area contributed by atoms with Gasteiger partial charge in [-0.3, -0.25) is 9.78 Å². The van der Waals surface area contributed by atoms with Gasteiger partial charge in [0.15, 0.2) is 0 Å². The Balaban J connectivity index is 0.00000181. The predicted molar refractivity (Wildman–Crippen MR) is 142 cm³/mol. The summed E-state index contributed by atoms with van der Waals surface area (Å²) in [5, 5.41) is 3.36. The molecular formula is C25H31Cl3N4O. The van der Waals surface area contributed by atoms with E-state index in [-0.39, 0.29) is 43.1 Å². The van der Waals surface area contributed by atoms with Gasteiger partial charge in [0.25, 0.3) is 5.91 Å². The Morgan fingerprint density at radius 3 is 2.42 bits per heavy atom. The highest BCUT2D eigenvalue weighted by atomic mass is 35.5. The molecule has 178 valence electrons. The average Bonchev–Trinajstić information content (AvgIpc) is 2.83. The smallest absolute Gasteiger partial charge is 0.253 e. The third kappa shape index (κ3) is 7.61. The molecule has 2 heterocycles. The molecule has 0 atom stereocenters. The van der Waals surface area contributed by atoms with Crippen LogP contribution in [-0.4, -0.2) is 28.9 Å². The fourth-order valence-corrected chi connectivity index (χ4v) is 4.03. The maximum Gasteiger partial charge on any atom is 0.253 e. The number of pyridine rings is 1. The number of benzene rings is 2. The van der Waals surface area contributed by atoms with Crippen LogP contribution in [0.2, 0.25) is 0 Å². The summed E-state index contributed by atoms with van der Waals surface area (Å²) in [5.74, 6) is 0.595. The lowest BCUT2D eigenvalue weighted by Gasteiger charge is -2.32. The first-order valence-corrected chi connectivity index (χ1v) is 10.5. The first-order valence-electron chi connectivity index (χ1n) is 10.5. The van der Waals surface area contributed by atoms with E-state index in [1.807, 2.05) is 47.4 Å². The number of hydrogen-bond acceptors (Lipinski definition) is 4. The van der Waals surface area contributed by atoms with E-state index in [0.29, 0.717) is 19.0 Å². The van der Waals surface area contributed by atoms with Crippen LogP contribution in [0.25, 0.3) is 0 Å². The fourth-order valence-electron chi connectivity index (χ4n) is 4.03. The van der Waals surface area contributed by atoms with Crippen LogP contribution in [0.5, 0.6) is 0 Å². The molecule has 1 aromatic heterocycles. The summed E-state index contributed by atoms with van der Waals surface area (Å²) < 4.78 is 0. The van der Waals surface area contributed by atoms with E-state index in [0.717, 1.165) is 42.9 Å². The minimum Gasteiger partial charge on any atom is -0.379 e. The highest BCUT2D eigenvalue weighted by Crippen LogP contribution is 2.29. The Kier molecular flexibility index (Phi) is 12.2. The zero-order valence-corrected chi connectivity index (χ0v) is 20.8.